The first-order chi connectivity index (χ1) is 16.9. The van der Waals surface area contributed by atoms with Crippen LogP contribution in [0.15, 0.2) is 53.6 Å². The molecular weight excluding hydrogens is 507 g/mol. The van der Waals surface area contributed by atoms with Crippen molar-refractivity contribution in [1.82, 2.24) is 14.1 Å². The van der Waals surface area contributed by atoms with E-state index in [1.54, 1.807) is 0 Å². The quantitative estimate of drug-likeness (QED) is 0.521. The van der Waals surface area contributed by atoms with Crippen LogP contribution in [0.4, 0.5) is 22.0 Å². The van der Waals surface area contributed by atoms with Crippen molar-refractivity contribution in [3.8, 4) is 0 Å². The smallest absolute Gasteiger partial charge is 0.370 e. The summed E-state index contributed by atoms with van der Waals surface area (Å²) < 4.78 is 99.1. The van der Waals surface area contributed by atoms with E-state index < -0.39 is 50.4 Å². The lowest BCUT2D eigenvalue weighted by atomic mass is 9.93. The number of ether oxygens (including phenoxy) is 1. The van der Waals surface area contributed by atoms with E-state index in [-0.39, 0.29) is 24.8 Å². The molecule has 3 heterocycles. The van der Waals surface area contributed by atoms with Crippen molar-refractivity contribution in [3.05, 3.63) is 82.7 Å². The van der Waals surface area contributed by atoms with Crippen LogP contribution in [0.3, 0.4) is 0 Å². The molecular formula is C23H21F5N4O3S. The van der Waals surface area contributed by atoms with Crippen LogP contribution < -0.4 is 5.73 Å². The minimum atomic E-state index is -4.68. The normalized spacial score (nSPS) is 23.1. The van der Waals surface area contributed by atoms with Crippen LogP contribution in [-0.4, -0.2) is 41.2 Å². The Balaban J connectivity index is 1.28. The van der Waals surface area contributed by atoms with Crippen molar-refractivity contribution in [2.45, 2.75) is 48.8 Å². The van der Waals surface area contributed by atoms with Crippen molar-refractivity contribution < 1.29 is 35.1 Å². The van der Waals surface area contributed by atoms with Gasteiger partial charge in [0.05, 0.1) is 22.8 Å². The highest BCUT2D eigenvalue weighted by atomic mass is 32.2. The summed E-state index contributed by atoms with van der Waals surface area (Å²) >= 11 is 0. The molecule has 0 bridgehead atoms. The standard InChI is InChI=1S/C23H21F5N4O3S/c24-15-4-5-19(25)18(7-15)22-20(29)8-16(12-35-22)31-9-13-10-32(30-21(13)11-31)36(33,34)17-3-1-2-14(6-17)23(26,27)28/h1-7,10,16,20,22H,8-9,11-12,29H2/t16-,20+,22-/m1/s1. The lowest BCUT2D eigenvalue weighted by Gasteiger charge is -2.38. The van der Waals surface area contributed by atoms with E-state index in [0.717, 1.165) is 36.4 Å². The summed E-state index contributed by atoms with van der Waals surface area (Å²) in [4.78, 5) is 1.47. The van der Waals surface area contributed by atoms with Crippen LogP contribution in [0, 0.1) is 11.6 Å². The Hall–Kier alpha value is -2.87. The summed E-state index contributed by atoms with van der Waals surface area (Å²) in [6.07, 6.45) is -3.77. The average Bonchev–Trinajstić information content (AvgIpc) is 3.40. The number of alkyl halides is 3. The van der Waals surface area contributed by atoms with Gasteiger partial charge in [-0.3, -0.25) is 4.90 Å². The van der Waals surface area contributed by atoms with Crippen LogP contribution in [0.25, 0.3) is 0 Å². The lowest BCUT2D eigenvalue weighted by Crippen LogP contribution is -2.47. The molecule has 3 atom stereocenters. The van der Waals surface area contributed by atoms with Crippen LogP contribution in [0.2, 0.25) is 0 Å². The van der Waals surface area contributed by atoms with E-state index >= 15 is 0 Å². The van der Waals surface area contributed by atoms with Crippen molar-refractivity contribution in [3.63, 3.8) is 0 Å². The fourth-order valence-corrected chi connectivity index (χ4v) is 5.84. The van der Waals surface area contributed by atoms with Gasteiger partial charge in [-0.1, -0.05) is 6.07 Å². The Morgan fingerprint density at radius 2 is 1.86 bits per heavy atom. The average molecular weight is 529 g/mol. The van der Waals surface area contributed by atoms with Crippen molar-refractivity contribution in [2.75, 3.05) is 6.61 Å². The third-order valence-electron chi connectivity index (χ3n) is 6.47. The number of nitrogens with two attached hydrogens (primary N) is 1. The highest BCUT2D eigenvalue weighted by Crippen LogP contribution is 2.35. The molecule has 36 heavy (non-hydrogen) atoms. The lowest BCUT2D eigenvalue weighted by molar-refractivity contribution is -0.137. The molecule has 1 fully saturated rings. The number of halogens is 5. The van der Waals surface area contributed by atoms with E-state index in [2.05, 4.69) is 5.10 Å². The summed E-state index contributed by atoms with van der Waals surface area (Å²) in [5.41, 5.74) is 6.30. The second-order valence-corrected chi connectivity index (χ2v) is 10.7. The van der Waals surface area contributed by atoms with Gasteiger partial charge in [0.15, 0.2) is 0 Å². The molecule has 0 unspecified atom stereocenters. The zero-order valence-corrected chi connectivity index (χ0v) is 19.4. The minimum Gasteiger partial charge on any atom is -0.370 e. The van der Waals surface area contributed by atoms with Gasteiger partial charge in [0.25, 0.3) is 10.0 Å². The van der Waals surface area contributed by atoms with Crippen LogP contribution in [-0.2, 0) is 34.0 Å². The second kappa shape index (κ2) is 8.91. The number of hydrogen-bond donors (Lipinski definition) is 1. The maximum absolute atomic E-state index is 14.2. The maximum atomic E-state index is 14.2. The largest absolute Gasteiger partial charge is 0.416 e. The molecule has 0 spiro atoms. The molecule has 0 saturated carbocycles. The molecule has 192 valence electrons. The molecule has 2 aliphatic heterocycles. The predicted octanol–water partition coefficient (Wildman–Crippen LogP) is 3.59. The zero-order chi connectivity index (χ0) is 25.8. The molecule has 2 N–H and O–H groups in total. The second-order valence-electron chi connectivity index (χ2n) is 8.88. The van der Waals surface area contributed by atoms with Gasteiger partial charge in [0, 0.05) is 42.5 Å². The topological polar surface area (TPSA) is 90.5 Å². The number of hydrogen-bond acceptors (Lipinski definition) is 6. The van der Waals surface area contributed by atoms with Gasteiger partial charge in [-0.2, -0.15) is 30.8 Å². The molecule has 7 nitrogen and oxygen atoms in total. The Kier molecular flexibility index (Phi) is 6.14. The summed E-state index contributed by atoms with van der Waals surface area (Å²) in [5, 5.41) is 4.12. The number of nitrogens with zero attached hydrogens (tertiary/aromatic N) is 3. The Labute approximate surface area is 203 Å². The van der Waals surface area contributed by atoms with Crippen molar-refractivity contribution in [2.24, 2.45) is 5.73 Å². The zero-order valence-electron chi connectivity index (χ0n) is 18.6. The van der Waals surface area contributed by atoms with Gasteiger partial charge in [-0.05, 0) is 42.8 Å². The summed E-state index contributed by atoms with van der Waals surface area (Å²) in [6.45, 7) is 0.800. The molecule has 0 amide bonds. The van der Waals surface area contributed by atoms with E-state index in [9.17, 15) is 30.4 Å². The molecule has 0 radical (unpaired) electrons. The maximum Gasteiger partial charge on any atom is 0.416 e. The van der Waals surface area contributed by atoms with Crippen molar-refractivity contribution >= 4 is 10.0 Å². The monoisotopic (exact) mass is 528 g/mol. The molecule has 2 aromatic carbocycles. The molecule has 3 aromatic rings. The highest BCUT2D eigenvalue weighted by Gasteiger charge is 2.38. The first-order valence-corrected chi connectivity index (χ1v) is 12.4. The van der Waals surface area contributed by atoms with E-state index in [0.29, 0.717) is 34.4 Å². The fourth-order valence-electron chi connectivity index (χ4n) is 4.63. The van der Waals surface area contributed by atoms with E-state index in [1.807, 2.05) is 4.90 Å². The number of benzene rings is 2. The minimum absolute atomic E-state index is 0.0572. The van der Waals surface area contributed by atoms with Gasteiger partial charge in [-0.25, -0.2) is 8.78 Å². The van der Waals surface area contributed by atoms with Crippen LogP contribution in [0.5, 0.6) is 0 Å². The SMILES string of the molecule is N[C@H]1C[C@@H](N2Cc3cn(S(=O)(=O)c4cccc(C(F)(F)F)c4)nc3C2)CO[C@@H]1c1cc(F)ccc1F. The predicted molar refractivity (Wildman–Crippen MR) is 117 cm³/mol. The Morgan fingerprint density at radius 1 is 1.08 bits per heavy atom. The Morgan fingerprint density at radius 3 is 2.56 bits per heavy atom. The van der Waals surface area contributed by atoms with Gasteiger partial charge in [-0.15, -0.1) is 0 Å². The third kappa shape index (κ3) is 4.51. The summed E-state index contributed by atoms with van der Waals surface area (Å²) in [7, 11) is -4.32. The first-order valence-electron chi connectivity index (χ1n) is 11.0. The van der Waals surface area contributed by atoms with Gasteiger partial charge < -0.3 is 10.5 Å². The Bertz CT molecular complexity index is 1390. The van der Waals surface area contributed by atoms with Crippen LogP contribution in [0.1, 0.15) is 34.9 Å². The van der Waals surface area contributed by atoms with Gasteiger partial charge in [0.1, 0.15) is 17.7 Å². The molecule has 0 aliphatic carbocycles. The molecule has 2 aliphatic rings. The third-order valence-corrected chi connectivity index (χ3v) is 8.00. The fraction of sp³-hybridized carbons (Fsp3) is 0.348. The summed E-state index contributed by atoms with van der Waals surface area (Å²) in [6, 6.07) is 5.83. The molecule has 1 aromatic heterocycles. The van der Waals surface area contributed by atoms with E-state index in [4.69, 9.17) is 10.5 Å². The first kappa shape index (κ1) is 24.8. The van der Waals surface area contributed by atoms with Crippen LogP contribution >= 0.6 is 0 Å². The van der Waals surface area contributed by atoms with Crippen molar-refractivity contribution in [1.29, 1.82) is 0 Å². The molecule has 5 rings (SSSR count). The molecule has 1 saturated heterocycles. The summed E-state index contributed by atoms with van der Waals surface area (Å²) in [5.74, 6) is -1.20. The van der Waals surface area contributed by atoms with Gasteiger partial charge in [0.2, 0.25) is 0 Å². The van der Waals surface area contributed by atoms with E-state index in [1.165, 1.54) is 6.20 Å². The molecule has 13 heteroatoms. The number of fused-ring (bicyclic) bond motifs is 1. The number of aromatic nitrogens is 2. The van der Waals surface area contributed by atoms with Gasteiger partial charge >= 0.3 is 6.18 Å². The highest BCUT2D eigenvalue weighted by molar-refractivity contribution is 7.89. The number of rotatable bonds is 4.